The van der Waals surface area contributed by atoms with E-state index in [4.69, 9.17) is 18.0 Å². The van der Waals surface area contributed by atoms with E-state index in [2.05, 4.69) is 41.4 Å². The number of nitrogens with zero attached hydrogens (tertiary/aromatic N) is 2. The van der Waals surface area contributed by atoms with Crippen LogP contribution < -0.4 is 16.4 Å². The second-order valence-corrected chi connectivity index (χ2v) is 5.96. The van der Waals surface area contributed by atoms with E-state index in [-0.39, 0.29) is 10.7 Å². The minimum absolute atomic E-state index is 0.0996. The Bertz CT molecular complexity index is 450. The second kappa shape index (κ2) is 7.79. The summed E-state index contributed by atoms with van der Waals surface area (Å²) in [5.74, 6) is 0.617. The first-order chi connectivity index (χ1) is 9.37. The average molecular weight is 293 g/mol. The number of aromatic nitrogens is 1. The molecule has 0 radical (unpaired) electrons. The van der Waals surface area contributed by atoms with Crippen LogP contribution in [0, 0.1) is 0 Å². The number of nitrogens with two attached hydrogens (primary N) is 1. The molecule has 110 valence electrons. The summed E-state index contributed by atoms with van der Waals surface area (Å²) in [7, 11) is 0. The Morgan fingerprint density at radius 2 is 2.15 bits per heavy atom. The van der Waals surface area contributed by atoms with Crippen LogP contribution in [0.4, 0.5) is 0 Å². The van der Waals surface area contributed by atoms with E-state index in [0.717, 1.165) is 18.5 Å². The highest BCUT2D eigenvalue weighted by molar-refractivity contribution is 7.80. The number of hydrogen-bond donors (Lipinski definition) is 3. The Kier molecular flexibility index (Phi) is 6.38. The van der Waals surface area contributed by atoms with E-state index in [1.807, 2.05) is 18.2 Å². The molecule has 0 aromatic carbocycles. The lowest BCUT2D eigenvalue weighted by Gasteiger charge is -2.23. The minimum atomic E-state index is -0.0996. The van der Waals surface area contributed by atoms with Crippen molar-refractivity contribution in [1.82, 2.24) is 15.6 Å². The lowest BCUT2D eigenvalue weighted by atomic mass is 10.1. The van der Waals surface area contributed by atoms with Gasteiger partial charge in [0.1, 0.15) is 0 Å². The number of aliphatic imine (C=N–C) groups is 1. The lowest BCUT2D eigenvalue weighted by molar-refractivity contribution is 0.505. The fourth-order valence-electron chi connectivity index (χ4n) is 1.58. The monoisotopic (exact) mass is 293 g/mol. The number of aryl methyl sites for hydroxylation is 1. The zero-order chi connectivity index (χ0) is 15.0. The molecule has 4 N–H and O–H groups in total. The fraction of sp³-hybridized carbons (Fsp3) is 0.500. The van der Waals surface area contributed by atoms with Crippen LogP contribution in [0.5, 0.6) is 0 Å². The molecule has 0 bridgehead atoms. The Hall–Kier alpha value is -1.69. The second-order valence-electron chi connectivity index (χ2n) is 5.52. The zero-order valence-electron chi connectivity index (χ0n) is 12.3. The number of guanidine groups is 1. The molecule has 0 atom stereocenters. The van der Waals surface area contributed by atoms with Crippen LogP contribution in [0.3, 0.4) is 0 Å². The molecule has 20 heavy (non-hydrogen) atoms. The number of thiocarbonyl (C=S) groups is 1. The SMILES string of the molecule is CC(C)(C)NC(=NCCCc1ccccn1)NC(N)=S. The Morgan fingerprint density at radius 1 is 1.40 bits per heavy atom. The van der Waals surface area contributed by atoms with Crippen molar-refractivity contribution in [3.8, 4) is 0 Å². The summed E-state index contributed by atoms with van der Waals surface area (Å²) in [5.41, 5.74) is 6.48. The van der Waals surface area contributed by atoms with Crippen molar-refractivity contribution in [3.63, 3.8) is 0 Å². The van der Waals surface area contributed by atoms with Crippen LogP contribution in [-0.4, -0.2) is 28.1 Å². The van der Waals surface area contributed by atoms with E-state index in [0.29, 0.717) is 12.5 Å². The largest absolute Gasteiger partial charge is 0.376 e. The van der Waals surface area contributed by atoms with Gasteiger partial charge in [-0.1, -0.05) is 6.07 Å². The number of hydrogen-bond acceptors (Lipinski definition) is 3. The highest BCUT2D eigenvalue weighted by atomic mass is 32.1. The maximum atomic E-state index is 5.50. The minimum Gasteiger partial charge on any atom is -0.376 e. The van der Waals surface area contributed by atoms with Crippen LogP contribution in [0.1, 0.15) is 32.9 Å². The number of rotatable bonds is 4. The average Bonchev–Trinajstić information content (AvgIpc) is 2.33. The maximum absolute atomic E-state index is 5.50. The van der Waals surface area contributed by atoms with Gasteiger partial charge >= 0.3 is 0 Å². The Labute approximate surface area is 126 Å². The molecule has 1 heterocycles. The molecular formula is C14H23N5S. The standard InChI is InChI=1S/C14H23N5S/c1-14(2,3)19-13(18-12(15)20)17-10-6-8-11-7-4-5-9-16-11/h4-5,7,9H,6,8,10H2,1-3H3,(H4,15,17,18,19,20). The summed E-state index contributed by atoms with van der Waals surface area (Å²) in [6, 6.07) is 5.93. The van der Waals surface area contributed by atoms with E-state index in [1.54, 1.807) is 6.20 Å². The maximum Gasteiger partial charge on any atom is 0.197 e. The van der Waals surface area contributed by atoms with Gasteiger partial charge in [0, 0.05) is 24.0 Å². The van der Waals surface area contributed by atoms with Crippen LogP contribution in [0.25, 0.3) is 0 Å². The highest BCUT2D eigenvalue weighted by Crippen LogP contribution is 2.00. The van der Waals surface area contributed by atoms with Gasteiger partial charge in [0.25, 0.3) is 0 Å². The summed E-state index contributed by atoms with van der Waals surface area (Å²) >= 11 is 4.85. The molecule has 1 rings (SSSR count). The molecule has 0 aliphatic rings. The summed E-state index contributed by atoms with van der Waals surface area (Å²) in [6.07, 6.45) is 3.63. The summed E-state index contributed by atoms with van der Waals surface area (Å²) in [4.78, 5) is 8.75. The molecule has 6 heteroatoms. The molecule has 0 aliphatic carbocycles. The van der Waals surface area contributed by atoms with Crippen molar-refractivity contribution < 1.29 is 0 Å². The van der Waals surface area contributed by atoms with Gasteiger partial charge < -0.3 is 16.4 Å². The van der Waals surface area contributed by atoms with E-state index >= 15 is 0 Å². The first-order valence-corrected chi connectivity index (χ1v) is 7.06. The van der Waals surface area contributed by atoms with E-state index in [9.17, 15) is 0 Å². The van der Waals surface area contributed by atoms with E-state index in [1.165, 1.54) is 0 Å². The molecule has 0 fully saturated rings. The van der Waals surface area contributed by atoms with Crippen molar-refractivity contribution >= 4 is 23.3 Å². The first kappa shape index (κ1) is 16.4. The molecule has 5 nitrogen and oxygen atoms in total. The van der Waals surface area contributed by atoms with Gasteiger partial charge in [-0.25, -0.2) is 0 Å². The third kappa shape index (κ3) is 7.68. The van der Waals surface area contributed by atoms with Crippen LogP contribution >= 0.6 is 12.2 Å². The van der Waals surface area contributed by atoms with Gasteiger partial charge in [-0.3, -0.25) is 9.98 Å². The number of nitrogens with one attached hydrogen (secondary N) is 2. The van der Waals surface area contributed by atoms with Gasteiger partial charge in [0.15, 0.2) is 11.1 Å². The highest BCUT2D eigenvalue weighted by Gasteiger charge is 2.12. The van der Waals surface area contributed by atoms with Crippen LogP contribution in [0.15, 0.2) is 29.4 Å². The van der Waals surface area contributed by atoms with Crippen molar-refractivity contribution in [2.24, 2.45) is 10.7 Å². The zero-order valence-corrected chi connectivity index (χ0v) is 13.1. The summed E-state index contributed by atoms with van der Waals surface area (Å²) in [6.45, 7) is 6.84. The normalized spacial score (nSPS) is 12.1. The van der Waals surface area contributed by atoms with Crippen molar-refractivity contribution in [1.29, 1.82) is 0 Å². The summed E-state index contributed by atoms with van der Waals surface area (Å²) in [5, 5.41) is 6.32. The third-order valence-electron chi connectivity index (χ3n) is 2.32. The molecule has 0 spiro atoms. The topological polar surface area (TPSA) is 75.3 Å². The van der Waals surface area contributed by atoms with Gasteiger partial charge in [-0.05, 0) is 58.0 Å². The Balaban J connectivity index is 2.47. The van der Waals surface area contributed by atoms with Crippen molar-refractivity contribution in [2.45, 2.75) is 39.2 Å². The first-order valence-electron chi connectivity index (χ1n) is 6.66. The van der Waals surface area contributed by atoms with Gasteiger partial charge in [-0.15, -0.1) is 0 Å². The summed E-state index contributed by atoms with van der Waals surface area (Å²) < 4.78 is 0. The lowest BCUT2D eigenvalue weighted by Crippen LogP contribution is -2.50. The molecule has 0 saturated heterocycles. The molecule has 0 saturated carbocycles. The van der Waals surface area contributed by atoms with Crippen LogP contribution in [0.2, 0.25) is 0 Å². The fourth-order valence-corrected chi connectivity index (χ4v) is 1.68. The molecular weight excluding hydrogens is 270 g/mol. The predicted molar refractivity (Wildman–Crippen MR) is 87.7 cm³/mol. The quantitative estimate of drug-likeness (QED) is 0.340. The van der Waals surface area contributed by atoms with Crippen LogP contribution in [-0.2, 0) is 6.42 Å². The number of pyridine rings is 1. The van der Waals surface area contributed by atoms with Crippen molar-refractivity contribution in [2.75, 3.05) is 6.54 Å². The van der Waals surface area contributed by atoms with Gasteiger partial charge in [-0.2, -0.15) is 0 Å². The molecule has 1 aromatic heterocycles. The third-order valence-corrected chi connectivity index (χ3v) is 2.42. The Morgan fingerprint density at radius 3 is 2.70 bits per heavy atom. The smallest absolute Gasteiger partial charge is 0.197 e. The van der Waals surface area contributed by atoms with Crippen molar-refractivity contribution in [3.05, 3.63) is 30.1 Å². The van der Waals surface area contributed by atoms with Gasteiger partial charge in [0.05, 0.1) is 0 Å². The van der Waals surface area contributed by atoms with Gasteiger partial charge in [0.2, 0.25) is 0 Å². The van der Waals surface area contributed by atoms with E-state index < -0.39 is 0 Å². The molecule has 0 unspecified atom stereocenters. The molecule has 0 aliphatic heterocycles. The molecule has 1 aromatic rings. The molecule has 0 amide bonds. The predicted octanol–water partition coefficient (Wildman–Crippen LogP) is 1.59.